The fourth-order valence-electron chi connectivity index (χ4n) is 2.57. The van der Waals surface area contributed by atoms with Crippen molar-refractivity contribution in [1.82, 2.24) is 4.98 Å². The monoisotopic (exact) mass is 354 g/mol. The van der Waals surface area contributed by atoms with Gasteiger partial charge in [-0.2, -0.15) is 0 Å². The molecule has 0 spiro atoms. The predicted octanol–water partition coefficient (Wildman–Crippen LogP) is 4.22. The van der Waals surface area contributed by atoms with Crippen molar-refractivity contribution in [2.45, 2.75) is 6.42 Å². The number of nitrogens with one attached hydrogen (secondary N) is 1. The van der Waals surface area contributed by atoms with Gasteiger partial charge in [0.25, 0.3) is 0 Å². The third-order valence-electron chi connectivity index (χ3n) is 3.78. The highest BCUT2D eigenvalue weighted by molar-refractivity contribution is 5.92. The molecule has 0 saturated carbocycles. The molecule has 0 fully saturated rings. The van der Waals surface area contributed by atoms with Gasteiger partial charge in [-0.3, -0.25) is 4.79 Å². The Morgan fingerprint density at radius 1 is 1.08 bits per heavy atom. The number of carbonyl (C=O) groups is 1. The molecule has 6 heteroatoms. The topological polar surface area (TPSA) is 51.2 Å². The molecule has 132 valence electrons. The van der Waals surface area contributed by atoms with Gasteiger partial charge in [0.05, 0.1) is 19.7 Å². The van der Waals surface area contributed by atoms with E-state index in [1.807, 2.05) is 30.3 Å². The Balaban J connectivity index is 1.85. The van der Waals surface area contributed by atoms with Crippen molar-refractivity contribution in [1.29, 1.82) is 0 Å². The summed E-state index contributed by atoms with van der Waals surface area (Å²) >= 11 is 0. The van der Waals surface area contributed by atoms with Crippen LogP contribution < -0.4 is 10.1 Å². The average Bonchev–Trinajstić information content (AvgIpc) is 2.64. The molecule has 1 heterocycles. The number of ether oxygens (including phenoxy) is 1. The number of methoxy groups -OCH3 is 1. The van der Waals surface area contributed by atoms with Crippen LogP contribution in [0.4, 0.5) is 14.6 Å². The van der Waals surface area contributed by atoms with Crippen molar-refractivity contribution in [3.8, 4) is 16.9 Å². The summed E-state index contributed by atoms with van der Waals surface area (Å²) in [5.74, 6) is -0.967. The Kier molecular flexibility index (Phi) is 5.22. The number of hydrogen-bond donors (Lipinski definition) is 1. The zero-order chi connectivity index (χ0) is 18.5. The highest BCUT2D eigenvalue weighted by Gasteiger charge is 2.14. The number of anilines is 1. The van der Waals surface area contributed by atoms with E-state index in [-0.39, 0.29) is 29.5 Å². The van der Waals surface area contributed by atoms with Gasteiger partial charge >= 0.3 is 0 Å². The van der Waals surface area contributed by atoms with Gasteiger partial charge in [-0.25, -0.2) is 13.8 Å². The zero-order valence-corrected chi connectivity index (χ0v) is 14.0. The SMILES string of the molecule is COc1cc(F)ccc1-c1cc(NC(=O)Cc2ccccc2)ncc1F. The van der Waals surface area contributed by atoms with Crippen LogP contribution in [0.15, 0.2) is 60.8 Å². The summed E-state index contributed by atoms with van der Waals surface area (Å²) < 4.78 is 32.7. The van der Waals surface area contributed by atoms with Crippen molar-refractivity contribution < 1.29 is 18.3 Å². The first-order valence-corrected chi connectivity index (χ1v) is 7.90. The van der Waals surface area contributed by atoms with Gasteiger partial charge in [-0.05, 0) is 23.8 Å². The van der Waals surface area contributed by atoms with E-state index in [4.69, 9.17) is 4.74 Å². The number of rotatable bonds is 5. The lowest BCUT2D eigenvalue weighted by molar-refractivity contribution is -0.115. The van der Waals surface area contributed by atoms with Gasteiger partial charge in [0.1, 0.15) is 23.2 Å². The maximum atomic E-state index is 14.2. The van der Waals surface area contributed by atoms with E-state index in [2.05, 4.69) is 10.3 Å². The van der Waals surface area contributed by atoms with Crippen molar-refractivity contribution in [2.24, 2.45) is 0 Å². The Morgan fingerprint density at radius 3 is 2.58 bits per heavy atom. The number of aromatic nitrogens is 1. The van der Waals surface area contributed by atoms with Gasteiger partial charge in [0, 0.05) is 17.2 Å². The molecule has 0 aliphatic heterocycles. The lowest BCUT2D eigenvalue weighted by Crippen LogP contribution is -2.15. The lowest BCUT2D eigenvalue weighted by Gasteiger charge is -2.11. The van der Waals surface area contributed by atoms with E-state index in [1.54, 1.807) is 0 Å². The molecular weight excluding hydrogens is 338 g/mol. The second kappa shape index (κ2) is 7.74. The second-order valence-corrected chi connectivity index (χ2v) is 5.60. The van der Waals surface area contributed by atoms with E-state index in [0.29, 0.717) is 5.56 Å². The molecule has 1 amide bonds. The van der Waals surface area contributed by atoms with Crippen LogP contribution in [-0.4, -0.2) is 18.0 Å². The molecule has 1 aromatic heterocycles. The van der Waals surface area contributed by atoms with Crippen molar-refractivity contribution >= 4 is 11.7 Å². The number of pyridine rings is 1. The predicted molar refractivity (Wildman–Crippen MR) is 94.9 cm³/mol. The van der Waals surface area contributed by atoms with Crippen LogP contribution in [-0.2, 0) is 11.2 Å². The zero-order valence-electron chi connectivity index (χ0n) is 14.0. The molecule has 0 unspecified atom stereocenters. The summed E-state index contributed by atoms with van der Waals surface area (Å²) in [6, 6.07) is 14.4. The van der Waals surface area contributed by atoms with Gasteiger partial charge in [0.2, 0.25) is 5.91 Å². The minimum Gasteiger partial charge on any atom is -0.496 e. The molecule has 3 aromatic rings. The lowest BCUT2D eigenvalue weighted by atomic mass is 10.0. The van der Waals surface area contributed by atoms with Crippen molar-refractivity contribution in [3.05, 3.63) is 78.0 Å². The Morgan fingerprint density at radius 2 is 1.85 bits per heavy atom. The molecule has 4 nitrogen and oxygen atoms in total. The normalized spacial score (nSPS) is 10.4. The van der Waals surface area contributed by atoms with Crippen LogP contribution in [0.3, 0.4) is 0 Å². The molecular formula is C20H16F2N2O2. The minimum atomic E-state index is -0.601. The number of carbonyl (C=O) groups excluding carboxylic acids is 1. The molecule has 0 radical (unpaired) electrons. The van der Waals surface area contributed by atoms with Crippen LogP contribution in [0.5, 0.6) is 5.75 Å². The average molecular weight is 354 g/mol. The largest absolute Gasteiger partial charge is 0.496 e. The first kappa shape index (κ1) is 17.5. The van der Waals surface area contributed by atoms with E-state index in [9.17, 15) is 13.6 Å². The molecule has 0 atom stereocenters. The highest BCUT2D eigenvalue weighted by atomic mass is 19.1. The van der Waals surface area contributed by atoms with Crippen LogP contribution in [0.1, 0.15) is 5.56 Å². The third kappa shape index (κ3) is 4.03. The number of amides is 1. The van der Waals surface area contributed by atoms with Crippen LogP contribution in [0.2, 0.25) is 0 Å². The number of hydrogen-bond acceptors (Lipinski definition) is 3. The molecule has 2 aromatic carbocycles. The number of nitrogens with zero attached hydrogens (tertiary/aromatic N) is 1. The van der Waals surface area contributed by atoms with Gasteiger partial charge in [0.15, 0.2) is 0 Å². The molecule has 0 aliphatic rings. The van der Waals surface area contributed by atoms with Gasteiger partial charge in [-0.1, -0.05) is 30.3 Å². The first-order valence-electron chi connectivity index (χ1n) is 7.90. The van der Waals surface area contributed by atoms with Crippen LogP contribution in [0.25, 0.3) is 11.1 Å². The first-order chi connectivity index (χ1) is 12.6. The van der Waals surface area contributed by atoms with Crippen molar-refractivity contribution in [2.75, 3.05) is 12.4 Å². The fraction of sp³-hybridized carbons (Fsp3) is 0.100. The summed E-state index contributed by atoms with van der Waals surface area (Å²) in [6.45, 7) is 0. The molecule has 1 N–H and O–H groups in total. The maximum absolute atomic E-state index is 14.2. The summed E-state index contributed by atoms with van der Waals surface area (Å²) in [4.78, 5) is 16.1. The summed E-state index contributed by atoms with van der Waals surface area (Å²) in [6.07, 6.45) is 1.19. The summed E-state index contributed by atoms with van der Waals surface area (Å²) in [5, 5.41) is 2.65. The van der Waals surface area contributed by atoms with Gasteiger partial charge < -0.3 is 10.1 Å². The smallest absolute Gasteiger partial charge is 0.229 e. The molecule has 0 aliphatic carbocycles. The summed E-state index contributed by atoms with van der Waals surface area (Å²) in [5.41, 5.74) is 1.38. The molecule has 26 heavy (non-hydrogen) atoms. The fourth-order valence-corrected chi connectivity index (χ4v) is 2.57. The third-order valence-corrected chi connectivity index (χ3v) is 3.78. The minimum absolute atomic E-state index is 0.159. The van der Waals surface area contributed by atoms with Crippen LogP contribution in [0, 0.1) is 11.6 Å². The maximum Gasteiger partial charge on any atom is 0.229 e. The molecule has 0 bridgehead atoms. The molecule has 0 saturated heterocycles. The van der Waals surface area contributed by atoms with Gasteiger partial charge in [-0.15, -0.1) is 0 Å². The second-order valence-electron chi connectivity index (χ2n) is 5.60. The highest BCUT2D eigenvalue weighted by Crippen LogP contribution is 2.33. The van der Waals surface area contributed by atoms with E-state index in [1.165, 1.54) is 31.4 Å². The number of halogens is 2. The Labute approximate surface area is 149 Å². The number of benzene rings is 2. The Bertz CT molecular complexity index is 930. The van der Waals surface area contributed by atoms with E-state index >= 15 is 0 Å². The van der Waals surface area contributed by atoms with E-state index < -0.39 is 11.6 Å². The quantitative estimate of drug-likeness (QED) is 0.746. The Hall–Kier alpha value is -3.28. The molecule has 3 rings (SSSR count). The summed E-state index contributed by atoms with van der Waals surface area (Å²) in [7, 11) is 1.37. The van der Waals surface area contributed by atoms with E-state index in [0.717, 1.165) is 11.8 Å². The van der Waals surface area contributed by atoms with Crippen molar-refractivity contribution in [3.63, 3.8) is 0 Å². The van der Waals surface area contributed by atoms with Crippen LogP contribution >= 0.6 is 0 Å². The standard InChI is InChI=1S/C20H16F2N2O2/c1-26-18-10-14(21)7-8-15(18)16-11-19(23-12-17(16)22)24-20(25)9-13-5-3-2-4-6-13/h2-8,10-12H,9H2,1H3,(H,23,24,25).